The molecule has 1 aliphatic rings. The summed E-state index contributed by atoms with van der Waals surface area (Å²) in [6.45, 7) is 4.49. The molecule has 9 heteroatoms. The first-order valence-corrected chi connectivity index (χ1v) is 11.8. The third kappa shape index (κ3) is 5.80. The minimum absolute atomic E-state index is 0.0728. The summed E-state index contributed by atoms with van der Waals surface area (Å²) in [5.41, 5.74) is -0.996. The van der Waals surface area contributed by atoms with Gasteiger partial charge in [-0.3, -0.25) is 14.5 Å². The summed E-state index contributed by atoms with van der Waals surface area (Å²) in [4.78, 5) is 36.8. The van der Waals surface area contributed by atoms with Crippen LogP contribution in [0.15, 0.2) is 21.3 Å². The van der Waals surface area contributed by atoms with Gasteiger partial charge in [0, 0.05) is 36.4 Å². The topological polar surface area (TPSA) is 76.8 Å². The standard InChI is InChI=1S/C25H30F3NO5/c1-3-5-9-17-23(33-13-7-6-12-29-20(30)10-11-21(29)31)16(8-4-2)14-18-19(25(26,27)28)15-22(32)34-24(17)18/h14-15H,3-13H2,1-2H3. The Bertz CT molecular complexity index is 1090. The number of halogens is 3. The fourth-order valence-electron chi connectivity index (χ4n) is 4.28. The molecule has 2 heterocycles. The van der Waals surface area contributed by atoms with Gasteiger partial charge in [-0.2, -0.15) is 13.2 Å². The van der Waals surface area contributed by atoms with Crippen LogP contribution < -0.4 is 10.4 Å². The Labute approximate surface area is 196 Å². The first-order valence-electron chi connectivity index (χ1n) is 11.8. The van der Waals surface area contributed by atoms with Crippen molar-refractivity contribution < 1.29 is 31.9 Å². The van der Waals surface area contributed by atoms with Crippen molar-refractivity contribution in [2.45, 2.75) is 77.8 Å². The predicted octanol–water partition coefficient (Wildman–Crippen LogP) is 5.41. The zero-order valence-corrected chi connectivity index (χ0v) is 19.6. The quantitative estimate of drug-likeness (QED) is 0.244. The van der Waals surface area contributed by atoms with Gasteiger partial charge < -0.3 is 9.15 Å². The molecule has 0 bridgehead atoms. The van der Waals surface area contributed by atoms with Crippen molar-refractivity contribution in [3.05, 3.63) is 39.2 Å². The van der Waals surface area contributed by atoms with Crippen molar-refractivity contribution in [2.24, 2.45) is 0 Å². The van der Waals surface area contributed by atoms with Gasteiger partial charge in [0.25, 0.3) is 0 Å². The predicted molar refractivity (Wildman–Crippen MR) is 121 cm³/mol. The summed E-state index contributed by atoms with van der Waals surface area (Å²) in [7, 11) is 0. The number of carbonyl (C=O) groups is 2. The normalized spacial score (nSPS) is 14.4. The molecule has 0 saturated carbocycles. The summed E-state index contributed by atoms with van der Waals surface area (Å²) in [6, 6.07) is 1.93. The van der Waals surface area contributed by atoms with Gasteiger partial charge in [-0.25, -0.2) is 4.79 Å². The van der Waals surface area contributed by atoms with Gasteiger partial charge in [-0.15, -0.1) is 0 Å². The molecule has 186 valence electrons. The second-order valence-electron chi connectivity index (χ2n) is 8.55. The van der Waals surface area contributed by atoms with E-state index in [1.165, 1.54) is 11.0 Å². The first-order chi connectivity index (χ1) is 16.2. The first kappa shape index (κ1) is 25.8. The van der Waals surface area contributed by atoms with E-state index < -0.39 is 17.4 Å². The van der Waals surface area contributed by atoms with Crippen LogP contribution >= 0.6 is 0 Å². The van der Waals surface area contributed by atoms with E-state index >= 15 is 0 Å². The molecule has 1 saturated heterocycles. The summed E-state index contributed by atoms with van der Waals surface area (Å²) in [5.74, 6) is 0.143. The fraction of sp³-hybridized carbons (Fsp3) is 0.560. The molecule has 1 aliphatic heterocycles. The van der Waals surface area contributed by atoms with Crippen LogP contribution in [0.1, 0.15) is 75.5 Å². The molecule has 1 fully saturated rings. The molecule has 0 atom stereocenters. The number of benzene rings is 1. The average Bonchev–Trinajstić information content (AvgIpc) is 3.09. The Morgan fingerprint density at radius 2 is 1.68 bits per heavy atom. The number of hydrogen-bond acceptors (Lipinski definition) is 5. The number of hydrogen-bond donors (Lipinski definition) is 0. The number of imide groups is 1. The van der Waals surface area contributed by atoms with Gasteiger partial charge in [0.05, 0.1) is 12.2 Å². The molecule has 0 aliphatic carbocycles. The van der Waals surface area contributed by atoms with Crippen LogP contribution in [0.2, 0.25) is 0 Å². The lowest BCUT2D eigenvalue weighted by Gasteiger charge is -2.20. The number of aryl methyl sites for hydroxylation is 2. The van der Waals surface area contributed by atoms with Gasteiger partial charge >= 0.3 is 11.8 Å². The minimum Gasteiger partial charge on any atom is -0.493 e. The van der Waals surface area contributed by atoms with Crippen LogP contribution in [-0.2, 0) is 28.6 Å². The second kappa shape index (κ2) is 11.1. The van der Waals surface area contributed by atoms with E-state index in [-0.39, 0.29) is 42.2 Å². The van der Waals surface area contributed by atoms with Crippen LogP contribution in [0.4, 0.5) is 13.2 Å². The third-order valence-corrected chi connectivity index (χ3v) is 5.94. The zero-order chi connectivity index (χ0) is 24.9. The lowest BCUT2D eigenvalue weighted by Crippen LogP contribution is -2.30. The molecule has 3 rings (SSSR count). The van der Waals surface area contributed by atoms with E-state index in [1.54, 1.807) is 0 Å². The van der Waals surface area contributed by atoms with Crippen molar-refractivity contribution in [1.29, 1.82) is 0 Å². The van der Waals surface area contributed by atoms with Gasteiger partial charge in [0.2, 0.25) is 11.8 Å². The van der Waals surface area contributed by atoms with E-state index in [2.05, 4.69) is 0 Å². The largest absolute Gasteiger partial charge is 0.493 e. The molecule has 0 N–H and O–H groups in total. The highest BCUT2D eigenvalue weighted by Crippen LogP contribution is 2.40. The summed E-state index contributed by atoms with van der Waals surface area (Å²) < 4.78 is 52.5. The second-order valence-corrected chi connectivity index (χ2v) is 8.55. The number of carbonyl (C=O) groups excluding carboxylic acids is 2. The Kier molecular flexibility index (Phi) is 8.38. The van der Waals surface area contributed by atoms with Gasteiger partial charge in [0.15, 0.2) is 0 Å². The van der Waals surface area contributed by atoms with Crippen molar-refractivity contribution in [3.8, 4) is 5.75 Å². The molecular formula is C25H30F3NO5. The fourth-order valence-corrected chi connectivity index (χ4v) is 4.28. The molecule has 6 nitrogen and oxygen atoms in total. The minimum atomic E-state index is -4.69. The molecule has 2 amide bonds. The monoisotopic (exact) mass is 481 g/mol. The van der Waals surface area contributed by atoms with Gasteiger partial charge in [-0.1, -0.05) is 26.7 Å². The van der Waals surface area contributed by atoms with Crippen LogP contribution in [0.25, 0.3) is 11.0 Å². The van der Waals surface area contributed by atoms with Crippen LogP contribution in [0.3, 0.4) is 0 Å². The number of nitrogens with zero attached hydrogens (tertiary/aromatic N) is 1. The Morgan fingerprint density at radius 3 is 2.29 bits per heavy atom. The van der Waals surface area contributed by atoms with Crippen LogP contribution in [-0.4, -0.2) is 29.9 Å². The van der Waals surface area contributed by atoms with Gasteiger partial charge in [-0.05, 0) is 43.7 Å². The number of fused-ring (bicyclic) bond motifs is 1. The summed E-state index contributed by atoms with van der Waals surface area (Å²) in [5, 5.41) is -0.125. The van der Waals surface area contributed by atoms with Crippen molar-refractivity contribution >= 4 is 22.8 Å². The highest BCUT2D eigenvalue weighted by Gasteiger charge is 2.35. The van der Waals surface area contributed by atoms with E-state index in [1.807, 2.05) is 13.8 Å². The number of alkyl halides is 3. The molecule has 1 aromatic carbocycles. The number of unbranched alkanes of at least 4 members (excludes halogenated alkanes) is 2. The molecule has 0 unspecified atom stereocenters. The third-order valence-electron chi connectivity index (χ3n) is 5.94. The molecule has 2 aromatic rings. The van der Waals surface area contributed by atoms with Crippen LogP contribution in [0.5, 0.6) is 5.75 Å². The van der Waals surface area contributed by atoms with Crippen molar-refractivity contribution in [2.75, 3.05) is 13.2 Å². The molecule has 34 heavy (non-hydrogen) atoms. The van der Waals surface area contributed by atoms with E-state index in [4.69, 9.17) is 9.15 Å². The number of amides is 2. The number of likely N-dealkylation sites (tertiary alicyclic amines) is 1. The maximum atomic E-state index is 13.7. The summed E-state index contributed by atoms with van der Waals surface area (Å²) >= 11 is 0. The highest BCUT2D eigenvalue weighted by molar-refractivity contribution is 6.01. The Morgan fingerprint density at radius 1 is 0.971 bits per heavy atom. The van der Waals surface area contributed by atoms with Crippen molar-refractivity contribution in [3.63, 3.8) is 0 Å². The Hall–Kier alpha value is -2.84. The maximum absolute atomic E-state index is 13.7. The summed E-state index contributed by atoms with van der Waals surface area (Å²) in [6.07, 6.45) is 0.0568. The molecular weight excluding hydrogens is 451 g/mol. The number of rotatable bonds is 11. The van der Waals surface area contributed by atoms with E-state index in [9.17, 15) is 27.6 Å². The zero-order valence-electron chi connectivity index (χ0n) is 19.6. The van der Waals surface area contributed by atoms with Crippen LogP contribution in [0, 0.1) is 0 Å². The SMILES string of the molecule is CCCCc1c(OCCCCN2C(=O)CCC2=O)c(CCC)cc2c(C(F)(F)F)cc(=O)oc12. The lowest BCUT2D eigenvalue weighted by molar-refractivity contribution is -0.138. The van der Waals surface area contributed by atoms with E-state index in [0.29, 0.717) is 68.0 Å². The molecule has 0 radical (unpaired) electrons. The number of ether oxygens (including phenoxy) is 1. The van der Waals surface area contributed by atoms with E-state index in [0.717, 1.165) is 6.42 Å². The highest BCUT2D eigenvalue weighted by atomic mass is 19.4. The average molecular weight is 482 g/mol. The Balaban J connectivity index is 1.91. The molecule has 1 aromatic heterocycles. The molecule has 0 spiro atoms. The smallest absolute Gasteiger partial charge is 0.417 e. The maximum Gasteiger partial charge on any atom is 0.417 e. The van der Waals surface area contributed by atoms with Crippen molar-refractivity contribution in [1.82, 2.24) is 4.90 Å². The van der Waals surface area contributed by atoms with Gasteiger partial charge in [0.1, 0.15) is 11.3 Å². The lowest BCUT2D eigenvalue weighted by atomic mass is 9.95.